The smallest absolute Gasteiger partial charge is 0.274 e. The van der Waals surface area contributed by atoms with Gasteiger partial charge in [-0.25, -0.2) is 4.98 Å². The van der Waals surface area contributed by atoms with Crippen molar-refractivity contribution in [1.82, 2.24) is 14.5 Å². The molecule has 1 amide bonds. The van der Waals surface area contributed by atoms with Gasteiger partial charge in [-0.05, 0) is 25.2 Å². The SMILES string of the molecule is CCN(CC)Cc1csc(NC(=O)c2cccn2C)n1. The summed E-state index contributed by atoms with van der Waals surface area (Å²) < 4.78 is 1.79. The molecule has 20 heavy (non-hydrogen) atoms. The van der Waals surface area contributed by atoms with E-state index in [0.717, 1.165) is 25.3 Å². The number of hydrogen-bond acceptors (Lipinski definition) is 4. The summed E-state index contributed by atoms with van der Waals surface area (Å²) in [6.45, 7) is 7.09. The molecule has 0 unspecified atom stereocenters. The Morgan fingerprint density at radius 1 is 1.45 bits per heavy atom. The quantitative estimate of drug-likeness (QED) is 0.890. The normalized spacial score (nSPS) is 11.0. The van der Waals surface area contributed by atoms with Gasteiger partial charge in [-0.2, -0.15) is 0 Å². The molecule has 6 heteroatoms. The van der Waals surface area contributed by atoms with E-state index in [1.807, 2.05) is 24.7 Å². The summed E-state index contributed by atoms with van der Waals surface area (Å²) in [6.07, 6.45) is 1.85. The third-order valence-corrected chi connectivity index (χ3v) is 4.04. The van der Waals surface area contributed by atoms with Crippen LogP contribution in [0.4, 0.5) is 5.13 Å². The first kappa shape index (κ1) is 14.7. The molecule has 0 spiro atoms. The van der Waals surface area contributed by atoms with Crippen LogP contribution in [0.5, 0.6) is 0 Å². The van der Waals surface area contributed by atoms with E-state index in [9.17, 15) is 4.79 Å². The first-order valence-electron chi connectivity index (χ1n) is 6.73. The molecule has 0 saturated heterocycles. The van der Waals surface area contributed by atoms with Gasteiger partial charge in [0, 0.05) is 25.2 Å². The predicted octanol–water partition coefficient (Wildman–Crippen LogP) is 2.58. The van der Waals surface area contributed by atoms with Crippen LogP contribution in [0.3, 0.4) is 0 Å². The summed E-state index contributed by atoms with van der Waals surface area (Å²) in [4.78, 5) is 18.8. The second kappa shape index (κ2) is 6.67. The van der Waals surface area contributed by atoms with E-state index >= 15 is 0 Å². The lowest BCUT2D eigenvalue weighted by Crippen LogP contribution is -2.22. The highest BCUT2D eigenvalue weighted by atomic mass is 32.1. The van der Waals surface area contributed by atoms with E-state index in [1.165, 1.54) is 11.3 Å². The number of anilines is 1. The Bertz CT molecular complexity index is 571. The molecular formula is C14H20N4OS. The van der Waals surface area contributed by atoms with Crippen LogP contribution in [0.25, 0.3) is 0 Å². The van der Waals surface area contributed by atoms with Crippen molar-refractivity contribution in [2.45, 2.75) is 20.4 Å². The fourth-order valence-electron chi connectivity index (χ4n) is 1.97. The monoisotopic (exact) mass is 292 g/mol. The lowest BCUT2D eigenvalue weighted by atomic mass is 10.4. The summed E-state index contributed by atoms with van der Waals surface area (Å²) >= 11 is 1.46. The van der Waals surface area contributed by atoms with Crippen molar-refractivity contribution < 1.29 is 4.79 Å². The van der Waals surface area contributed by atoms with Gasteiger partial charge in [0.1, 0.15) is 5.69 Å². The van der Waals surface area contributed by atoms with Crippen LogP contribution in [-0.2, 0) is 13.6 Å². The molecule has 0 aliphatic rings. The van der Waals surface area contributed by atoms with Crippen molar-refractivity contribution in [3.8, 4) is 0 Å². The van der Waals surface area contributed by atoms with Crippen molar-refractivity contribution >= 4 is 22.4 Å². The molecule has 2 heterocycles. The minimum absolute atomic E-state index is 0.124. The minimum atomic E-state index is -0.124. The zero-order chi connectivity index (χ0) is 14.5. The van der Waals surface area contributed by atoms with Crippen molar-refractivity contribution in [2.75, 3.05) is 18.4 Å². The number of amides is 1. The lowest BCUT2D eigenvalue weighted by molar-refractivity contribution is 0.101. The predicted molar refractivity (Wildman–Crippen MR) is 82.1 cm³/mol. The van der Waals surface area contributed by atoms with Crippen molar-refractivity contribution in [3.63, 3.8) is 0 Å². The first-order valence-corrected chi connectivity index (χ1v) is 7.61. The Morgan fingerprint density at radius 2 is 2.20 bits per heavy atom. The van der Waals surface area contributed by atoms with Gasteiger partial charge in [0.25, 0.3) is 5.91 Å². The highest BCUT2D eigenvalue weighted by molar-refractivity contribution is 7.13. The molecule has 0 atom stereocenters. The average molecular weight is 292 g/mol. The largest absolute Gasteiger partial charge is 0.347 e. The summed E-state index contributed by atoms with van der Waals surface area (Å²) in [5, 5.41) is 5.49. The first-order chi connectivity index (χ1) is 9.63. The van der Waals surface area contributed by atoms with E-state index in [1.54, 1.807) is 10.6 Å². The lowest BCUT2D eigenvalue weighted by Gasteiger charge is -2.15. The summed E-state index contributed by atoms with van der Waals surface area (Å²) in [5.41, 5.74) is 1.63. The maximum absolute atomic E-state index is 12.1. The Kier molecular flexibility index (Phi) is 4.92. The number of nitrogens with zero attached hydrogens (tertiary/aromatic N) is 3. The third-order valence-electron chi connectivity index (χ3n) is 3.23. The maximum atomic E-state index is 12.1. The van der Waals surface area contributed by atoms with Gasteiger partial charge in [0.05, 0.1) is 5.69 Å². The zero-order valence-electron chi connectivity index (χ0n) is 12.1. The van der Waals surface area contributed by atoms with Crippen LogP contribution < -0.4 is 5.32 Å². The van der Waals surface area contributed by atoms with Crippen molar-refractivity contribution in [2.24, 2.45) is 7.05 Å². The Balaban J connectivity index is 1.99. The van der Waals surface area contributed by atoms with Crippen LogP contribution in [-0.4, -0.2) is 33.4 Å². The van der Waals surface area contributed by atoms with Gasteiger partial charge in [-0.3, -0.25) is 15.0 Å². The Morgan fingerprint density at radius 3 is 2.80 bits per heavy atom. The Hall–Kier alpha value is -1.66. The molecule has 2 aromatic rings. The maximum Gasteiger partial charge on any atom is 0.274 e. The third kappa shape index (κ3) is 3.46. The molecule has 108 valence electrons. The van der Waals surface area contributed by atoms with Crippen LogP contribution in [0.15, 0.2) is 23.7 Å². The molecule has 0 bridgehead atoms. The van der Waals surface area contributed by atoms with Gasteiger partial charge in [-0.1, -0.05) is 13.8 Å². The second-order valence-electron chi connectivity index (χ2n) is 4.56. The minimum Gasteiger partial charge on any atom is -0.347 e. The molecule has 1 N–H and O–H groups in total. The number of aryl methyl sites for hydroxylation is 1. The van der Waals surface area contributed by atoms with E-state index in [2.05, 4.69) is 29.0 Å². The van der Waals surface area contributed by atoms with Gasteiger partial charge in [-0.15, -0.1) is 11.3 Å². The summed E-state index contributed by atoms with van der Waals surface area (Å²) in [6, 6.07) is 3.64. The van der Waals surface area contributed by atoms with Gasteiger partial charge < -0.3 is 4.57 Å². The summed E-state index contributed by atoms with van der Waals surface area (Å²) in [5.74, 6) is -0.124. The van der Waals surface area contributed by atoms with Crippen LogP contribution in [0, 0.1) is 0 Å². The number of carbonyl (C=O) groups excluding carboxylic acids is 1. The number of carbonyl (C=O) groups is 1. The average Bonchev–Trinajstić information content (AvgIpc) is 3.05. The number of thiazole rings is 1. The van der Waals surface area contributed by atoms with E-state index in [4.69, 9.17) is 0 Å². The molecule has 0 fully saturated rings. The fraction of sp³-hybridized carbons (Fsp3) is 0.429. The van der Waals surface area contributed by atoms with Gasteiger partial charge in [0.15, 0.2) is 5.13 Å². The van der Waals surface area contributed by atoms with Gasteiger partial charge >= 0.3 is 0 Å². The molecule has 0 aliphatic carbocycles. The van der Waals surface area contributed by atoms with Crippen molar-refractivity contribution in [3.05, 3.63) is 35.1 Å². The van der Waals surface area contributed by atoms with Crippen molar-refractivity contribution in [1.29, 1.82) is 0 Å². The summed E-state index contributed by atoms with van der Waals surface area (Å²) in [7, 11) is 1.85. The number of rotatable bonds is 6. The zero-order valence-corrected chi connectivity index (χ0v) is 12.9. The van der Waals surface area contributed by atoms with Crippen LogP contribution >= 0.6 is 11.3 Å². The highest BCUT2D eigenvalue weighted by Gasteiger charge is 2.12. The van der Waals surface area contributed by atoms with E-state index < -0.39 is 0 Å². The molecule has 2 rings (SSSR count). The number of nitrogens with one attached hydrogen (secondary N) is 1. The number of hydrogen-bond donors (Lipinski definition) is 1. The van der Waals surface area contributed by atoms with Crippen LogP contribution in [0.1, 0.15) is 30.0 Å². The standard InChI is InChI=1S/C14H20N4OS/c1-4-18(5-2)9-11-10-20-14(15-11)16-13(19)12-7-6-8-17(12)3/h6-8,10H,4-5,9H2,1-3H3,(H,15,16,19). The Labute approximate surface area is 123 Å². The molecule has 2 aromatic heterocycles. The van der Waals surface area contributed by atoms with Crippen LogP contribution in [0.2, 0.25) is 0 Å². The molecule has 0 aliphatic heterocycles. The fourth-order valence-corrected chi connectivity index (χ4v) is 2.67. The molecule has 0 aromatic carbocycles. The van der Waals surface area contributed by atoms with Gasteiger partial charge in [0.2, 0.25) is 0 Å². The highest BCUT2D eigenvalue weighted by Crippen LogP contribution is 2.17. The molecular weight excluding hydrogens is 272 g/mol. The molecule has 5 nitrogen and oxygen atoms in total. The topological polar surface area (TPSA) is 50.2 Å². The second-order valence-corrected chi connectivity index (χ2v) is 5.42. The van der Waals surface area contributed by atoms with E-state index in [-0.39, 0.29) is 5.91 Å². The molecule has 0 radical (unpaired) electrons. The number of aromatic nitrogens is 2. The van der Waals surface area contributed by atoms with E-state index in [0.29, 0.717) is 10.8 Å². The molecule has 0 saturated carbocycles.